The Kier molecular flexibility index (Phi) is 4.66. The molecule has 0 saturated carbocycles. The Morgan fingerprint density at radius 2 is 1.87 bits per heavy atom. The van der Waals surface area contributed by atoms with E-state index in [1.165, 1.54) is 0 Å². The van der Waals surface area contributed by atoms with Gasteiger partial charge in [0.2, 0.25) is 5.95 Å². The van der Waals surface area contributed by atoms with Gasteiger partial charge in [-0.05, 0) is 30.5 Å². The van der Waals surface area contributed by atoms with Crippen LogP contribution in [0.4, 0.5) is 17.5 Å². The van der Waals surface area contributed by atoms with E-state index in [1.807, 2.05) is 36.4 Å². The SMILES string of the molecule is CC(C)CCNc1ccnc(Nc2cccc3cccnc23)n1. The summed E-state index contributed by atoms with van der Waals surface area (Å²) in [4.78, 5) is 13.2. The molecule has 0 aliphatic rings. The maximum Gasteiger partial charge on any atom is 0.229 e. The van der Waals surface area contributed by atoms with Gasteiger partial charge >= 0.3 is 0 Å². The van der Waals surface area contributed by atoms with Gasteiger partial charge in [-0.2, -0.15) is 4.98 Å². The van der Waals surface area contributed by atoms with E-state index < -0.39 is 0 Å². The lowest BCUT2D eigenvalue weighted by Gasteiger charge is -2.10. The van der Waals surface area contributed by atoms with Crippen LogP contribution in [0.5, 0.6) is 0 Å². The molecule has 1 aromatic carbocycles. The second-order valence-electron chi connectivity index (χ2n) is 5.88. The minimum Gasteiger partial charge on any atom is -0.370 e. The fourth-order valence-electron chi connectivity index (χ4n) is 2.33. The van der Waals surface area contributed by atoms with Crippen LogP contribution in [0, 0.1) is 5.92 Å². The molecule has 118 valence electrons. The van der Waals surface area contributed by atoms with Crippen LogP contribution in [0.3, 0.4) is 0 Å². The Morgan fingerprint density at radius 3 is 2.74 bits per heavy atom. The average Bonchev–Trinajstić information content (AvgIpc) is 2.55. The summed E-state index contributed by atoms with van der Waals surface area (Å²) in [6, 6.07) is 11.9. The minimum atomic E-state index is 0.567. The first-order chi connectivity index (χ1) is 11.2. The van der Waals surface area contributed by atoms with E-state index in [4.69, 9.17) is 0 Å². The highest BCUT2D eigenvalue weighted by Crippen LogP contribution is 2.23. The molecule has 2 aromatic heterocycles. The van der Waals surface area contributed by atoms with Crippen molar-refractivity contribution in [1.82, 2.24) is 15.0 Å². The molecular formula is C18H21N5. The van der Waals surface area contributed by atoms with Crippen LogP contribution in [0.2, 0.25) is 0 Å². The van der Waals surface area contributed by atoms with E-state index in [-0.39, 0.29) is 0 Å². The Bertz CT molecular complexity index is 780. The number of anilines is 3. The lowest BCUT2D eigenvalue weighted by atomic mass is 10.1. The first-order valence-corrected chi connectivity index (χ1v) is 7.90. The van der Waals surface area contributed by atoms with E-state index in [0.29, 0.717) is 11.9 Å². The summed E-state index contributed by atoms with van der Waals surface area (Å²) in [5, 5.41) is 7.68. The highest BCUT2D eigenvalue weighted by Gasteiger charge is 2.05. The summed E-state index contributed by atoms with van der Waals surface area (Å²) in [5.74, 6) is 2.07. The lowest BCUT2D eigenvalue weighted by Crippen LogP contribution is -2.07. The van der Waals surface area contributed by atoms with Crippen LogP contribution in [-0.2, 0) is 0 Å². The fraction of sp³-hybridized carbons (Fsp3) is 0.278. The number of nitrogens with zero attached hydrogens (tertiary/aromatic N) is 3. The van der Waals surface area contributed by atoms with Crippen molar-refractivity contribution >= 4 is 28.4 Å². The van der Waals surface area contributed by atoms with Gasteiger partial charge in [0, 0.05) is 24.3 Å². The van der Waals surface area contributed by atoms with Gasteiger partial charge in [0.25, 0.3) is 0 Å². The maximum absolute atomic E-state index is 4.51. The summed E-state index contributed by atoms with van der Waals surface area (Å²) in [7, 11) is 0. The Morgan fingerprint density at radius 1 is 1.00 bits per heavy atom. The molecule has 0 fully saturated rings. The molecule has 0 aliphatic carbocycles. The zero-order valence-electron chi connectivity index (χ0n) is 13.5. The van der Waals surface area contributed by atoms with E-state index in [0.717, 1.165) is 35.4 Å². The predicted octanol–water partition coefficient (Wildman–Crippen LogP) is 4.23. The number of hydrogen-bond acceptors (Lipinski definition) is 5. The summed E-state index contributed by atoms with van der Waals surface area (Å²) < 4.78 is 0. The van der Waals surface area contributed by atoms with Gasteiger partial charge in [-0.3, -0.25) is 4.98 Å². The van der Waals surface area contributed by atoms with Crippen LogP contribution in [0.1, 0.15) is 20.3 Å². The fourth-order valence-corrected chi connectivity index (χ4v) is 2.33. The third kappa shape index (κ3) is 3.94. The Hall–Kier alpha value is -2.69. The number of rotatable bonds is 6. The van der Waals surface area contributed by atoms with Crippen molar-refractivity contribution < 1.29 is 0 Å². The smallest absolute Gasteiger partial charge is 0.229 e. The number of nitrogens with one attached hydrogen (secondary N) is 2. The van der Waals surface area contributed by atoms with Crippen LogP contribution in [0.25, 0.3) is 10.9 Å². The molecule has 0 bridgehead atoms. The molecular weight excluding hydrogens is 286 g/mol. The standard InChI is InChI=1S/C18H21N5/c1-13(2)8-11-19-16-9-12-21-18(23-16)22-15-7-3-5-14-6-4-10-20-17(14)15/h3-7,9-10,12-13H,8,11H2,1-2H3,(H2,19,21,22,23). The largest absolute Gasteiger partial charge is 0.370 e. The van der Waals surface area contributed by atoms with E-state index in [1.54, 1.807) is 12.4 Å². The monoisotopic (exact) mass is 307 g/mol. The topological polar surface area (TPSA) is 62.7 Å². The number of para-hydroxylation sites is 1. The summed E-state index contributed by atoms with van der Waals surface area (Å²) in [6.45, 7) is 5.33. The highest BCUT2D eigenvalue weighted by atomic mass is 15.1. The highest BCUT2D eigenvalue weighted by molar-refractivity contribution is 5.91. The van der Waals surface area contributed by atoms with Crippen LogP contribution >= 0.6 is 0 Å². The molecule has 0 radical (unpaired) electrons. The van der Waals surface area contributed by atoms with Crippen molar-refractivity contribution in [3.63, 3.8) is 0 Å². The number of pyridine rings is 1. The number of fused-ring (bicyclic) bond motifs is 1. The van der Waals surface area contributed by atoms with E-state index in [2.05, 4.69) is 39.4 Å². The first kappa shape index (κ1) is 15.2. The lowest BCUT2D eigenvalue weighted by molar-refractivity contribution is 0.606. The average molecular weight is 307 g/mol. The van der Waals surface area contributed by atoms with Crippen LogP contribution in [-0.4, -0.2) is 21.5 Å². The quantitative estimate of drug-likeness (QED) is 0.713. The third-order valence-electron chi connectivity index (χ3n) is 3.56. The van der Waals surface area contributed by atoms with Gasteiger partial charge in [-0.25, -0.2) is 4.98 Å². The third-order valence-corrected chi connectivity index (χ3v) is 3.56. The van der Waals surface area contributed by atoms with Gasteiger partial charge in [0.15, 0.2) is 0 Å². The molecule has 5 nitrogen and oxygen atoms in total. The summed E-state index contributed by atoms with van der Waals surface area (Å²) in [6.07, 6.45) is 4.66. The molecule has 3 aromatic rings. The maximum atomic E-state index is 4.51. The molecule has 0 atom stereocenters. The Labute approximate surface area is 136 Å². The molecule has 3 rings (SSSR count). The summed E-state index contributed by atoms with van der Waals surface area (Å²) in [5.41, 5.74) is 1.82. The molecule has 0 aliphatic heterocycles. The molecule has 0 amide bonds. The molecule has 23 heavy (non-hydrogen) atoms. The first-order valence-electron chi connectivity index (χ1n) is 7.90. The second-order valence-corrected chi connectivity index (χ2v) is 5.88. The van der Waals surface area contributed by atoms with Crippen molar-refractivity contribution in [2.75, 3.05) is 17.2 Å². The van der Waals surface area contributed by atoms with Crippen LogP contribution < -0.4 is 10.6 Å². The van der Waals surface area contributed by atoms with Crippen molar-refractivity contribution in [1.29, 1.82) is 0 Å². The second kappa shape index (κ2) is 7.05. The van der Waals surface area contributed by atoms with Gasteiger partial charge in [0.1, 0.15) is 5.82 Å². The molecule has 2 N–H and O–H groups in total. The molecule has 2 heterocycles. The van der Waals surface area contributed by atoms with Gasteiger partial charge < -0.3 is 10.6 Å². The van der Waals surface area contributed by atoms with E-state index in [9.17, 15) is 0 Å². The summed E-state index contributed by atoms with van der Waals surface area (Å²) >= 11 is 0. The normalized spacial score (nSPS) is 10.9. The van der Waals surface area contributed by atoms with Gasteiger partial charge in [0.05, 0.1) is 11.2 Å². The number of aromatic nitrogens is 3. The van der Waals surface area contributed by atoms with Crippen molar-refractivity contribution in [2.24, 2.45) is 5.92 Å². The van der Waals surface area contributed by atoms with Crippen LogP contribution in [0.15, 0.2) is 48.8 Å². The number of hydrogen-bond donors (Lipinski definition) is 2. The van der Waals surface area contributed by atoms with Crippen molar-refractivity contribution in [3.8, 4) is 0 Å². The zero-order valence-corrected chi connectivity index (χ0v) is 13.5. The molecule has 0 unspecified atom stereocenters. The number of benzene rings is 1. The minimum absolute atomic E-state index is 0.567. The Balaban J connectivity index is 1.77. The van der Waals surface area contributed by atoms with Crippen molar-refractivity contribution in [3.05, 3.63) is 48.8 Å². The predicted molar refractivity (Wildman–Crippen MR) is 95.0 cm³/mol. The van der Waals surface area contributed by atoms with E-state index >= 15 is 0 Å². The molecule has 5 heteroatoms. The van der Waals surface area contributed by atoms with Gasteiger partial charge in [-0.15, -0.1) is 0 Å². The van der Waals surface area contributed by atoms with Crippen molar-refractivity contribution in [2.45, 2.75) is 20.3 Å². The van der Waals surface area contributed by atoms with Gasteiger partial charge in [-0.1, -0.05) is 32.0 Å². The molecule has 0 saturated heterocycles. The molecule has 0 spiro atoms. The zero-order chi connectivity index (χ0) is 16.1.